The Kier molecular flexibility index (Phi) is 3.18. The maximum absolute atomic E-state index is 9.25. The van der Waals surface area contributed by atoms with Crippen molar-refractivity contribution in [3.05, 3.63) is 12.2 Å². The summed E-state index contributed by atoms with van der Waals surface area (Å²) in [7, 11) is 0. The minimum Gasteiger partial charge on any atom is -0.390 e. The third kappa shape index (κ3) is 5.40. The smallest absolute Gasteiger partial charge is 0.0595 e. The zero-order chi connectivity index (χ0) is 8.20. The number of hydrogen-bond donors (Lipinski definition) is 1. The van der Waals surface area contributed by atoms with Crippen LogP contribution in [0.2, 0.25) is 0 Å². The summed E-state index contributed by atoms with van der Waals surface area (Å²) in [5.41, 5.74) is 0.127. The van der Waals surface area contributed by atoms with Gasteiger partial charge >= 0.3 is 0 Å². The van der Waals surface area contributed by atoms with Crippen molar-refractivity contribution < 1.29 is 5.11 Å². The molecule has 0 amide bonds. The molecule has 1 N–H and O–H groups in total. The van der Waals surface area contributed by atoms with Gasteiger partial charge in [-0.1, -0.05) is 12.5 Å². The van der Waals surface area contributed by atoms with Crippen LogP contribution in [0.5, 0.6) is 0 Å². The van der Waals surface area contributed by atoms with Gasteiger partial charge in [0.1, 0.15) is 0 Å². The third-order valence-corrected chi connectivity index (χ3v) is 1.24. The summed E-state index contributed by atoms with van der Waals surface area (Å²) in [4.78, 5) is 0. The molecule has 56 valence electrons. The summed E-state index contributed by atoms with van der Waals surface area (Å²) in [6.07, 6.45) is 6.46. The number of hydrogen-bond acceptors (Lipinski definition) is 1. The Morgan fingerprint density at radius 1 is 1.70 bits per heavy atom. The van der Waals surface area contributed by atoms with Gasteiger partial charge in [0.2, 0.25) is 0 Å². The van der Waals surface area contributed by atoms with Gasteiger partial charge in [0.25, 0.3) is 0 Å². The summed E-state index contributed by atoms with van der Waals surface area (Å²) in [5.74, 6) is 2.43. The fourth-order valence-corrected chi connectivity index (χ4v) is 0.529. The van der Waals surface area contributed by atoms with E-state index in [0.717, 1.165) is 5.57 Å². The van der Waals surface area contributed by atoms with E-state index in [1.54, 1.807) is 13.8 Å². The van der Waals surface area contributed by atoms with Crippen molar-refractivity contribution in [1.82, 2.24) is 0 Å². The molecular weight excluding hydrogens is 124 g/mol. The largest absolute Gasteiger partial charge is 0.390 e. The highest BCUT2D eigenvalue weighted by Gasteiger charge is 2.11. The molecule has 0 heterocycles. The maximum atomic E-state index is 9.25. The van der Waals surface area contributed by atoms with E-state index in [4.69, 9.17) is 6.42 Å². The first-order valence-corrected chi connectivity index (χ1v) is 3.32. The number of rotatable bonds is 3. The molecule has 0 radical (unpaired) electrons. The Morgan fingerprint density at radius 2 is 2.20 bits per heavy atom. The van der Waals surface area contributed by atoms with Crippen molar-refractivity contribution in [3.8, 4) is 12.3 Å². The van der Waals surface area contributed by atoms with Crippen LogP contribution in [-0.4, -0.2) is 10.7 Å². The van der Waals surface area contributed by atoms with Crippen molar-refractivity contribution in [1.29, 1.82) is 0 Å². The Hall–Kier alpha value is -0.740. The lowest BCUT2D eigenvalue weighted by atomic mass is 10.0. The Bertz CT molecular complexity index is 155. The molecule has 0 aliphatic carbocycles. The molecule has 0 bridgehead atoms. The van der Waals surface area contributed by atoms with Gasteiger partial charge in [0.15, 0.2) is 0 Å². The lowest BCUT2D eigenvalue weighted by Crippen LogP contribution is -2.17. The molecule has 0 spiro atoms. The minimum absolute atomic E-state index is 0.625. The summed E-state index contributed by atoms with van der Waals surface area (Å²) in [6.45, 7) is 7.15. The van der Waals surface area contributed by atoms with Crippen LogP contribution in [0.15, 0.2) is 12.2 Å². The zero-order valence-corrected chi connectivity index (χ0v) is 6.65. The van der Waals surface area contributed by atoms with E-state index in [9.17, 15) is 5.11 Å². The molecule has 1 nitrogen and oxygen atoms in total. The van der Waals surface area contributed by atoms with Gasteiger partial charge < -0.3 is 5.11 Å². The monoisotopic (exact) mass is 138 g/mol. The molecule has 0 aromatic heterocycles. The Balaban J connectivity index is 3.58. The summed E-state index contributed by atoms with van der Waals surface area (Å²) in [5, 5.41) is 9.25. The van der Waals surface area contributed by atoms with E-state index in [2.05, 4.69) is 12.5 Å². The molecule has 1 heteroatoms. The lowest BCUT2D eigenvalue weighted by molar-refractivity contribution is 0.0717. The van der Waals surface area contributed by atoms with Gasteiger partial charge in [-0.05, 0) is 32.3 Å². The summed E-state index contributed by atoms with van der Waals surface area (Å²) in [6, 6.07) is 0. The highest BCUT2D eigenvalue weighted by Crippen LogP contribution is 2.13. The van der Waals surface area contributed by atoms with Gasteiger partial charge in [-0.25, -0.2) is 0 Å². The number of aliphatic hydroxyl groups is 1. The van der Waals surface area contributed by atoms with E-state index in [1.165, 1.54) is 0 Å². The lowest BCUT2D eigenvalue weighted by Gasteiger charge is -2.15. The zero-order valence-electron chi connectivity index (χ0n) is 6.65. The molecule has 0 saturated heterocycles. The van der Waals surface area contributed by atoms with E-state index in [0.29, 0.717) is 12.8 Å². The standard InChI is InChI=1S/C9H14O/c1-5-8(2)6-7-9(3,4)10/h1,10H,2,6-7H2,3-4H3. The van der Waals surface area contributed by atoms with Crippen molar-refractivity contribution in [3.63, 3.8) is 0 Å². The molecule has 0 fully saturated rings. The SMILES string of the molecule is C#CC(=C)CCC(C)(C)O. The highest BCUT2D eigenvalue weighted by atomic mass is 16.3. The van der Waals surface area contributed by atoms with E-state index in [1.807, 2.05) is 0 Å². The van der Waals surface area contributed by atoms with E-state index < -0.39 is 5.60 Å². The van der Waals surface area contributed by atoms with Gasteiger partial charge in [-0.2, -0.15) is 0 Å². The van der Waals surface area contributed by atoms with E-state index in [-0.39, 0.29) is 0 Å². The molecule has 10 heavy (non-hydrogen) atoms. The number of allylic oxidation sites excluding steroid dienone is 1. The van der Waals surface area contributed by atoms with Crippen molar-refractivity contribution in [2.75, 3.05) is 0 Å². The van der Waals surface area contributed by atoms with Crippen LogP contribution >= 0.6 is 0 Å². The second-order valence-electron chi connectivity index (χ2n) is 3.06. The molecule has 0 rings (SSSR count). The second kappa shape index (κ2) is 3.43. The first-order valence-electron chi connectivity index (χ1n) is 3.32. The molecule has 0 aliphatic heterocycles. The third-order valence-electron chi connectivity index (χ3n) is 1.24. The predicted octanol–water partition coefficient (Wildman–Crippen LogP) is 1.73. The first kappa shape index (κ1) is 9.26. The Morgan fingerprint density at radius 3 is 2.50 bits per heavy atom. The fourth-order valence-electron chi connectivity index (χ4n) is 0.529. The van der Waals surface area contributed by atoms with Crippen LogP contribution in [0.3, 0.4) is 0 Å². The van der Waals surface area contributed by atoms with Gasteiger partial charge in [-0.15, -0.1) is 6.42 Å². The number of terminal acetylenes is 1. The molecule has 0 aliphatic rings. The predicted molar refractivity (Wildman–Crippen MR) is 43.5 cm³/mol. The van der Waals surface area contributed by atoms with Crippen molar-refractivity contribution in [2.45, 2.75) is 32.3 Å². The second-order valence-corrected chi connectivity index (χ2v) is 3.06. The molecule has 0 unspecified atom stereocenters. The fraction of sp³-hybridized carbons (Fsp3) is 0.556. The molecular formula is C9H14O. The van der Waals surface area contributed by atoms with Crippen LogP contribution in [0.1, 0.15) is 26.7 Å². The average molecular weight is 138 g/mol. The summed E-state index contributed by atoms with van der Waals surface area (Å²) < 4.78 is 0. The maximum Gasteiger partial charge on any atom is 0.0595 e. The topological polar surface area (TPSA) is 20.2 Å². The first-order chi connectivity index (χ1) is 4.45. The normalized spacial score (nSPS) is 10.6. The van der Waals surface area contributed by atoms with Crippen LogP contribution in [-0.2, 0) is 0 Å². The molecule has 0 saturated carbocycles. The van der Waals surface area contributed by atoms with Crippen LogP contribution < -0.4 is 0 Å². The van der Waals surface area contributed by atoms with Gasteiger partial charge in [-0.3, -0.25) is 0 Å². The Labute approximate surface area is 62.8 Å². The summed E-state index contributed by atoms with van der Waals surface area (Å²) >= 11 is 0. The minimum atomic E-state index is -0.625. The van der Waals surface area contributed by atoms with Crippen LogP contribution in [0, 0.1) is 12.3 Å². The van der Waals surface area contributed by atoms with Crippen LogP contribution in [0.4, 0.5) is 0 Å². The van der Waals surface area contributed by atoms with Gasteiger partial charge in [0.05, 0.1) is 5.60 Å². The van der Waals surface area contributed by atoms with E-state index >= 15 is 0 Å². The molecule has 0 aromatic carbocycles. The van der Waals surface area contributed by atoms with Gasteiger partial charge in [0, 0.05) is 0 Å². The average Bonchev–Trinajstić information content (AvgIpc) is 1.81. The highest BCUT2D eigenvalue weighted by molar-refractivity contribution is 5.21. The quantitative estimate of drug-likeness (QED) is 0.589. The van der Waals surface area contributed by atoms with Crippen LogP contribution in [0.25, 0.3) is 0 Å². The molecule has 0 aromatic rings. The van der Waals surface area contributed by atoms with Crippen molar-refractivity contribution >= 4 is 0 Å². The molecule has 0 atom stereocenters. The van der Waals surface area contributed by atoms with Crippen molar-refractivity contribution in [2.24, 2.45) is 0 Å².